The Morgan fingerprint density at radius 2 is 1.96 bits per heavy atom. The number of rotatable bonds is 4. The summed E-state index contributed by atoms with van der Waals surface area (Å²) in [6.07, 6.45) is 3.64. The summed E-state index contributed by atoms with van der Waals surface area (Å²) in [4.78, 5) is 12.5. The lowest BCUT2D eigenvalue weighted by Gasteiger charge is -2.38. The quantitative estimate of drug-likeness (QED) is 0.781. The first kappa shape index (κ1) is 16.9. The van der Waals surface area contributed by atoms with E-state index in [0.29, 0.717) is 31.1 Å². The van der Waals surface area contributed by atoms with Crippen molar-refractivity contribution in [3.05, 3.63) is 51.4 Å². The smallest absolute Gasteiger partial charge is 0.267 e. The van der Waals surface area contributed by atoms with Gasteiger partial charge in [-0.05, 0) is 48.6 Å². The third kappa shape index (κ3) is 2.87. The minimum Gasteiger partial charge on any atom is -0.493 e. The lowest BCUT2D eigenvalue weighted by Crippen LogP contribution is -2.52. The fourth-order valence-corrected chi connectivity index (χ4v) is 5.76. The number of nitrogens with zero attached hydrogens (tertiary/aromatic N) is 3. The predicted molar refractivity (Wildman–Crippen MR) is 98.4 cm³/mol. The summed E-state index contributed by atoms with van der Waals surface area (Å²) in [7, 11) is -3.50. The first-order valence-electron chi connectivity index (χ1n) is 9.36. The van der Waals surface area contributed by atoms with Gasteiger partial charge in [0.05, 0.1) is 23.7 Å². The minimum absolute atomic E-state index is 0.0874. The second-order valence-electron chi connectivity index (χ2n) is 7.55. The average molecular weight is 387 g/mol. The van der Waals surface area contributed by atoms with Gasteiger partial charge in [-0.1, -0.05) is 0 Å². The zero-order chi connectivity index (χ0) is 18.6. The number of hydrogen-bond acceptors (Lipinski definition) is 5. The summed E-state index contributed by atoms with van der Waals surface area (Å²) in [6, 6.07) is 6.76. The highest BCUT2D eigenvalue weighted by Gasteiger charge is 2.37. The molecule has 0 radical (unpaired) electrons. The molecule has 1 aromatic heterocycles. The monoisotopic (exact) mass is 387 g/mol. The van der Waals surface area contributed by atoms with Gasteiger partial charge >= 0.3 is 0 Å². The molecule has 5 rings (SSSR count). The molecule has 27 heavy (non-hydrogen) atoms. The maximum atomic E-state index is 12.8. The van der Waals surface area contributed by atoms with E-state index in [1.807, 2.05) is 0 Å². The zero-order valence-electron chi connectivity index (χ0n) is 14.9. The molecule has 2 aliphatic heterocycles. The molecule has 7 nitrogen and oxygen atoms in total. The van der Waals surface area contributed by atoms with E-state index >= 15 is 0 Å². The molecule has 1 aromatic carbocycles. The molecular weight excluding hydrogens is 366 g/mol. The fourth-order valence-electron chi connectivity index (χ4n) is 4.12. The molecule has 0 atom stereocenters. The van der Waals surface area contributed by atoms with Crippen molar-refractivity contribution in [1.29, 1.82) is 0 Å². The summed E-state index contributed by atoms with van der Waals surface area (Å²) >= 11 is 0. The Bertz CT molecular complexity index is 1070. The second kappa shape index (κ2) is 6.17. The van der Waals surface area contributed by atoms with Crippen LogP contribution in [0.3, 0.4) is 0 Å². The van der Waals surface area contributed by atoms with Crippen LogP contribution in [0.2, 0.25) is 0 Å². The van der Waals surface area contributed by atoms with Gasteiger partial charge in [-0.3, -0.25) is 4.79 Å². The van der Waals surface area contributed by atoms with Crippen LogP contribution in [0.1, 0.15) is 23.2 Å². The van der Waals surface area contributed by atoms with E-state index in [1.165, 1.54) is 8.99 Å². The normalized spacial score (nSPS) is 19.4. The number of hydrogen-bond donors (Lipinski definition) is 0. The molecule has 0 spiro atoms. The summed E-state index contributed by atoms with van der Waals surface area (Å²) in [5.74, 6) is 0.889. The van der Waals surface area contributed by atoms with Crippen molar-refractivity contribution in [2.45, 2.75) is 37.1 Å². The lowest BCUT2D eigenvalue weighted by molar-refractivity contribution is 0.172. The van der Waals surface area contributed by atoms with Crippen LogP contribution in [0.5, 0.6) is 5.75 Å². The van der Waals surface area contributed by atoms with Gasteiger partial charge < -0.3 is 4.74 Å². The molecule has 8 heteroatoms. The van der Waals surface area contributed by atoms with E-state index in [9.17, 15) is 13.2 Å². The first-order valence-corrected chi connectivity index (χ1v) is 10.8. The third-order valence-corrected chi connectivity index (χ3v) is 7.51. The van der Waals surface area contributed by atoms with Gasteiger partial charge in [-0.2, -0.15) is 9.40 Å². The van der Waals surface area contributed by atoms with Gasteiger partial charge in [-0.25, -0.2) is 13.1 Å². The summed E-state index contributed by atoms with van der Waals surface area (Å²) in [5.41, 5.74) is 2.94. The van der Waals surface area contributed by atoms with Crippen LogP contribution in [0.25, 0.3) is 0 Å². The topological polar surface area (TPSA) is 81.5 Å². The Morgan fingerprint density at radius 1 is 1.11 bits per heavy atom. The summed E-state index contributed by atoms with van der Waals surface area (Å²) < 4.78 is 34.1. The number of ether oxygens (including phenoxy) is 1. The Morgan fingerprint density at radius 3 is 2.81 bits per heavy atom. The van der Waals surface area contributed by atoms with Gasteiger partial charge in [0.2, 0.25) is 10.0 Å². The molecule has 0 saturated carbocycles. The van der Waals surface area contributed by atoms with E-state index in [4.69, 9.17) is 4.74 Å². The Hall–Kier alpha value is -2.19. The fraction of sp³-hybridized carbons (Fsp3) is 0.474. The number of sulfonamides is 1. The van der Waals surface area contributed by atoms with Gasteiger partial charge in [0, 0.05) is 31.5 Å². The van der Waals surface area contributed by atoms with Gasteiger partial charge in [0.15, 0.2) is 0 Å². The van der Waals surface area contributed by atoms with Crippen molar-refractivity contribution in [1.82, 2.24) is 14.1 Å². The van der Waals surface area contributed by atoms with Crippen molar-refractivity contribution >= 4 is 10.0 Å². The van der Waals surface area contributed by atoms with Crippen LogP contribution >= 0.6 is 0 Å². The maximum Gasteiger partial charge on any atom is 0.267 e. The third-order valence-electron chi connectivity index (χ3n) is 5.68. The highest BCUT2D eigenvalue weighted by molar-refractivity contribution is 7.89. The molecular formula is C19H21N3O4S. The molecule has 0 bridgehead atoms. The SMILES string of the molecule is O=c1cc2c(nn1CC1CN(S(=O)(=O)c3ccc4c(c3)CCO4)C1)CCC2. The van der Waals surface area contributed by atoms with Crippen molar-refractivity contribution in [3.8, 4) is 5.75 Å². The van der Waals surface area contributed by atoms with Crippen LogP contribution in [0.15, 0.2) is 34.0 Å². The van der Waals surface area contributed by atoms with E-state index in [0.717, 1.165) is 48.3 Å². The average Bonchev–Trinajstić information content (AvgIpc) is 3.25. The zero-order valence-corrected chi connectivity index (χ0v) is 15.7. The molecule has 3 aliphatic rings. The Kier molecular flexibility index (Phi) is 3.87. The second-order valence-corrected chi connectivity index (χ2v) is 9.48. The minimum atomic E-state index is -3.50. The van der Waals surface area contributed by atoms with Crippen LogP contribution < -0.4 is 10.3 Å². The maximum absolute atomic E-state index is 12.8. The van der Waals surface area contributed by atoms with E-state index < -0.39 is 10.0 Å². The number of fused-ring (bicyclic) bond motifs is 2. The van der Waals surface area contributed by atoms with Crippen LogP contribution in [-0.2, 0) is 35.8 Å². The van der Waals surface area contributed by atoms with Gasteiger partial charge in [0.1, 0.15) is 5.75 Å². The highest BCUT2D eigenvalue weighted by atomic mass is 32.2. The molecule has 2 aromatic rings. The van der Waals surface area contributed by atoms with Gasteiger partial charge in [0.25, 0.3) is 5.56 Å². The molecule has 0 unspecified atom stereocenters. The lowest BCUT2D eigenvalue weighted by atomic mass is 10.0. The summed E-state index contributed by atoms with van der Waals surface area (Å²) in [5, 5.41) is 4.48. The molecule has 1 saturated heterocycles. The van der Waals surface area contributed by atoms with Crippen LogP contribution in [-0.4, -0.2) is 42.2 Å². The molecule has 0 amide bonds. The number of benzene rings is 1. The first-order chi connectivity index (χ1) is 13.0. The largest absolute Gasteiger partial charge is 0.493 e. The van der Waals surface area contributed by atoms with Gasteiger partial charge in [-0.15, -0.1) is 0 Å². The molecule has 1 aliphatic carbocycles. The van der Waals surface area contributed by atoms with Crippen molar-refractivity contribution in [2.75, 3.05) is 19.7 Å². The van der Waals surface area contributed by atoms with E-state index in [-0.39, 0.29) is 11.5 Å². The standard InChI is InChI=1S/C19H21N3O4S/c23-19-9-14-2-1-3-17(14)20-22(19)12-13-10-21(11-13)27(24,25)16-4-5-18-15(8-16)6-7-26-18/h4-5,8-9,13H,1-3,6-7,10-12H2. The molecule has 142 valence electrons. The van der Waals surface area contributed by atoms with E-state index in [2.05, 4.69) is 5.10 Å². The Balaban J connectivity index is 1.29. The van der Waals surface area contributed by atoms with Crippen LogP contribution in [0.4, 0.5) is 0 Å². The van der Waals surface area contributed by atoms with Crippen molar-refractivity contribution < 1.29 is 13.2 Å². The number of aryl methyl sites for hydroxylation is 2. The number of aromatic nitrogens is 2. The highest BCUT2D eigenvalue weighted by Crippen LogP contribution is 2.31. The molecule has 3 heterocycles. The van der Waals surface area contributed by atoms with Crippen molar-refractivity contribution in [3.63, 3.8) is 0 Å². The molecule has 1 fully saturated rings. The summed E-state index contributed by atoms with van der Waals surface area (Å²) in [6.45, 7) is 1.91. The van der Waals surface area contributed by atoms with Crippen LogP contribution in [0, 0.1) is 5.92 Å². The van der Waals surface area contributed by atoms with E-state index in [1.54, 1.807) is 24.3 Å². The molecule has 0 N–H and O–H groups in total. The van der Waals surface area contributed by atoms with Crippen molar-refractivity contribution in [2.24, 2.45) is 5.92 Å². The Labute approximate surface area is 157 Å². The predicted octanol–water partition coefficient (Wildman–Crippen LogP) is 0.988.